The number of benzene rings is 1. The molecule has 1 fully saturated rings. The second-order valence-electron chi connectivity index (χ2n) is 4.56. The molecule has 1 saturated carbocycles. The van der Waals surface area contributed by atoms with Gasteiger partial charge in [0.05, 0.1) is 12.5 Å². The molecule has 1 aromatic rings. The van der Waals surface area contributed by atoms with Crippen molar-refractivity contribution >= 4 is 5.97 Å². The minimum absolute atomic E-state index is 0.179. The number of hydrogen-bond acceptors (Lipinski definition) is 2. The molecule has 92 valence electrons. The molecule has 1 aromatic carbocycles. The van der Waals surface area contributed by atoms with E-state index in [9.17, 15) is 4.79 Å². The maximum absolute atomic E-state index is 10.8. The highest BCUT2D eigenvalue weighted by molar-refractivity contribution is 5.75. The fourth-order valence-corrected chi connectivity index (χ4v) is 1.98. The number of carboxylic acid groups (broad SMARTS) is 1. The molecule has 0 heterocycles. The van der Waals surface area contributed by atoms with E-state index < -0.39 is 5.97 Å². The Morgan fingerprint density at radius 1 is 1.41 bits per heavy atom. The van der Waals surface area contributed by atoms with Crippen molar-refractivity contribution in [2.45, 2.75) is 32.1 Å². The van der Waals surface area contributed by atoms with Crippen LogP contribution in [0.1, 0.15) is 37.7 Å². The van der Waals surface area contributed by atoms with Crippen molar-refractivity contribution in [3.05, 3.63) is 29.8 Å². The molecule has 0 bridgehead atoms. The van der Waals surface area contributed by atoms with E-state index in [1.165, 1.54) is 0 Å². The topological polar surface area (TPSA) is 46.5 Å². The van der Waals surface area contributed by atoms with Gasteiger partial charge < -0.3 is 9.84 Å². The lowest BCUT2D eigenvalue weighted by Crippen LogP contribution is -1.99. The molecule has 1 aliphatic rings. The molecular weight excluding hydrogens is 216 g/mol. The molecule has 1 aliphatic carbocycles. The molecule has 3 nitrogen and oxygen atoms in total. The zero-order chi connectivity index (χ0) is 12.3. The summed E-state index contributed by atoms with van der Waals surface area (Å²) in [6.07, 6.45) is 2.96. The lowest BCUT2D eigenvalue weighted by Gasteiger charge is -2.06. The molecule has 2 rings (SSSR count). The summed E-state index contributed by atoms with van der Waals surface area (Å²) < 4.78 is 5.56. The highest BCUT2D eigenvalue weighted by Crippen LogP contribution is 2.47. The van der Waals surface area contributed by atoms with Crippen LogP contribution in [0.4, 0.5) is 0 Å². The Morgan fingerprint density at radius 3 is 2.65 bits per heavy atom. The Morgan fingerprint density at radius 2 is 2.12 bits per heavy atom. The summed E-state index contributed by atoms with van der Waals surface area (Å²) in [5.74, 6) is 0.215. The minimum atomic E-state index is -0.682. The van der Waals surface area contributed by atoms with Gasteiger partial charge in [-0.2, -0.15) is 0 Å². The van der Waals surface area contributed by atoms with Crippen LogP contribution in [0, 0.1) is 5.92 Å². The molecule has 0 saturated heterocycles. The fourth-order valence-electron chi connectivity index (χ4n) is 1.98. The summed E-state index contributed by atoms with van der Waals surface area (Å²) in [4.78, 5) is 10.8. The maximum atomic E-state index is 10.8. The number of hydrogen-bond donors (Lipinski definition) is 1. The van der Waals surface area contributed by atoms with Crippen molar-refractivity contribution in [2.24, 2.45) is 5.92 Å². The Labute approximate surface area is 101 Å². The molecule has 0 aliphatic heterocycles. The first-order valence-corrected chi connectivity index (χ1v) is 6.18. The second kappa shape index (κ2) is 5.21. The zero-order valence-corrected chi connectivity index (χ0v) is 10.1. The summed E-state index contributed by atoms with van der Waals surface area (Å²) >= 11 is 0. The van der Waals surface area contributed by atoms with Gasteiger partial charge in [-0.1, -0.05) is 25.5 Å². The summed E-state index contributed by atoms with van der Waals surface area (Å²) in [7, 11) is 0. The van der Waals surface area contributed by atoms with E-state index in [-0.39, 0.29) is 11.8 Å². The van der Waals surface area contributed by atoms with Gasteiger partial charge >= 0.3 is 5.97 Å². The average molecular weight is 234 g/mol. The van der Waals surface area contributed by atoms with E-state index in [2.05, 4.69) is 6.92 Å². The Balaban J connectivity index is 1.88. The first-order chi connectivity index (χ1) is 8.22. The monoisotopic (exact) mass is 234 g/mol. The third kappa shape index (κ3) is 2.99. The van der Waals surface area contributed by atoms with Crippen molar-refractivity contribution in [2.75, 3.05) is 6.61 Å². The van der Waals surface area contributed by atoms with Crippen molar-refractivity contribution < 1.29 is 14.6 Å². The van der Waals surface area contributed by atoms with Crippen molar-refractivity contribution in [1.29, 1.82) is 0 Å². The van der Waals surface area contributed by atoms with Crippen molar-refractivity contribution in [1.82, 2.24) is 0 Å². The van der Waals surface area contributed by atoms with E-state index in [0.29, 0.717) is 0 Å². The van der Waals surface area contributed by atoms with Crippen LogP contribution in [0.2, 0.25) is 0 Å². The second-order valence-corrected chi connectivity index (χ2v) is 4.56. The van der Waals surface area contributed by atoms with Crippen LogP contribution < -0.4 is 4.74 Å². The fraction of sp³-hybridized carbons (Fsp3) is 0.500. The van der Waals surface area contributed by atoms with Crippen molar-refractivity contribution in [3.8, 4) is 5.75 Å². The Hall–Kier alpha value is -1.51. The lowest BCUT2D eigenvalue weighted by molar-refractivity contribution is -0.138. The third-order valence-corrected chi connectivity index (χ3v) is 3.18. The van der Waals surface area contributed by atoms with Crippen LogP contribution >= 0.6 is 0 Å². The number of unbranched alkanes of at least 4 members (excludes halogenated alkanes) is 1. The molecule has 0 amide bonds. The van der Waals surface area contributed by atoms with E-state index in [1.807, 2.05) is 24.3 Å². The Bertz CT molecular complexity index is 383. The van der Waals surface area contributed by atoms with Crippen molar-refractivity contribution in [3.63, 3.8) is 0 Å². The predicted molar refractivity (Wildman–Crippen MR) is 65.3 cm³/mol. The highest BCUT2D eigenvalue weighted by atomic mass is 16.5. The Kier molecular flexibility index (Phi) is 3.67. The predicted octanol–water partition coefficient (Wildman–Crippen LogP) is 3.05. The minimum Gasteiger partial charge on any atom is -0.494 e. The van der Waals surface area contributed by atoms with Crippen LogP contribution in [0.15, 0.2) is 24.3 Å². The molecule has 17 heavy (non-hydrogen) atoms. The molecule has 0 aromatic heterocycles. The first-order valence-electron chi connectivity index (χ1n) is 6.18. The van der Waals surface area contributed by atoms with Gasteiger partial charge in [-0.25, -0.2) is 0 Å². The summed E-state index contributed by atoms with van der Waals surface area (Å²) in [5.41, 5.74) is 1.11. The van der Waals surface area contributed by atoms with E-state index in [0.717, 1.165) is 37.2 Å². The third-order valence-electron chi connectivity index (χ3n) is 3.18. The first kappa shape index (κ1) is 12.0. The largest absolute Gasteiger partial charge is 0.494 e. The number of ether oxygens (including phenoxy) is 1. The molecule has 0 spiro atoms. The van der Waals surface area contributed by atoms with Gasteiger partial charge in [0.25, 0.3) is 0 Å². The zero-order valence-electron chi connectivity index (χ0n) is 10.1. The van der Waals surface area contributed by atoms with Gasteiger partial charge in [-0.05, 0) is 36.5 Å². The van der Waals surface area contributed by atoms with Crippen LogP contribution in [0.25, 0.3) is 0 Å². The molecule has 0 unspecified atom stereocenters. The molecule has 2 atom stereocenters. The summed E-state index contributed by atoms with van der Waals surface area (Å²) in [5, 5.41) is 8.86. The van der Waals surface area contributed by atoms with Crippen LogP contribution in [0.3, 0.4) is 0 Å². The van der Waals surface area contributed by atoms with Gasteiger partial charge in [-0.15, -0.1) is 0 Å². The van der Waals surface area contributed by atoms with Crippen LogP contribution in [0.5, 0.6) is 5.75 Å². The molecule has 3 heteroatoms. The maximum Gasteiger partial charge on any atom is 0.307 e. The number of rotatable bonds is 6. The van der Waals surface area contributed by atoms with Gasteiger partial charge in [0.2, 0.25) is 0 Å². The smallest absolute Gasteiger partial charge is 0.307 e. The molecule has 1 N–H and O–H groups in total. The highest BCUT2D eigenvalue weighted by Gasteiger charge is 2.43. The quantitative estimate of drug-likeness (QED) is 0.769. The summed E-state index contributed by atoms with van der Waals surface area (Å²) in [6, 6.07) is 7.83. The van der Waals surface area contributed by atoms with Gasteiger partial charge in [0.15, 0.2) is 0 Å². The van der Waals surface area contributed by atoms with E-state index in [4.69, 9.17) is 9.84 Å². The number of carboxylic acids is 1. The van der Waals surface area contributed by atoms with Gasteiger partial charge in [-0.3, -0.25) is 4.79 Å². The summed E-state index contributed by atoms with van der Waals surface area (Å²) in [6.45, 7) is 2.88. The van der Waals surface area contributed by atoms with E-state index in [1.54, 1.807) is 0 Å². The standard InChI is InChI=1S/C14H18O3/c1-2-3-8-17-11-6-4-10(5-7-11)12-9-13(12)14(15)16/h4-7,12-13H,2-3,8-9H2,1H3,(H,15,16)/t12-,13+/m1/s1. The molecular formula is C14H18O3. The van der Waals surface area contributed by atoms with Gasteiger partial charge in [0, 0.05) is 0 Å². The SMILES string of the molecule is CCCCOc1ccc([C@H]2C[C@@H]2C(=O)O)cc1. The number of aliphatic carboxylic acids is 1. The normalized spacial score (nSPS) is 22.2. The van der Waals surface area contributed by atoms with E-state index >= 15 is 0 Å². The molecule has 0 radical (unpaired) electrons. The average Bonchev–Trinajstić information content (AvgIpc) is 3.10. The van der Waals surface area contributed by atoms with Gasteiger partial charge in [0.1, 0.15) is 5.75 Å². The van der Waals surface area contributed by atoms with Crippen LogP contribution in [-0.4, -0.2) is 17.7 Å². The number of carbonyl (C=O) groups is 1. The van der Waals surface area contributed by atoms with Crippen LogP contribution in [-0.2, 0) is 4.79 Å². The lowest BCUT2D eigenvalue weighted by atomic mass is 10.1.